The zero-order valence-electron chi connectivity index (χ0n) is 16.5. The van der Waals surface area contributed by atoms with Crippen LogP contribution in [0.25, 0.3) is 10.9 Å². The maximum atomic E-state index is 12.8. The summed E-state index contributed by atoms with van der Waals surface area (Å²) < 4.78 is 0. The quantitative estimate of drug-likeness (QED) is 0.697. The van der Waals surface area contributed by atoms with Crippen molar-refractivity contribution in [1.29, 1.82) is 0 Å². The lowest BCUT2D eigenvalue weighted by Gasteiger charge is -2.26. The Kier molecular flexibility index (Phi) is 6.04. The van der Waals surface area contributed by atoms with Gasteiger partial charge in [-0.1, -0.05) is 50.2 Å². The van der Waals surface area contributed by atoms with Crippen molar-refractivity contribution < 1.29 is 9.59 Å². The molecule has 0 aliphatic carbocycles. The first kappa shape index (κ1) is 19.5. The second-order valence-electron chi connectivity index (χ2n) is 6.67. The number of hydrogen-bond donors (Lipinski definition) is 1. The molecule has 0 fully saturated rings. The molecule has 2 amide bonds. The van der Waals surface area contributed by atoms with E-state index in [1.165, 1.54) is 6.92 Å². The van der Waals surface area contributed by atoms with Gasteiger partial charge >= 0.3 is 0 Å². The van der Waals surface area contributed by atoms with Gasteiger partial charge in [0.05, 0.1) is 16.9 Å². The summed E-state index contributed by atoms with van der Waals surface area (Å²) in [6.07, 6.45) is 3.29. The molecule has 0 aliphatic rings. The van der Waals surface area contributed by atoms with E-state index in [4.69, 9.17) is 0 Å². The number of amides is 2. The Morgan fingerprint density at radius 1 is 0.964 bits per heavy atom. The predicted molar refractivity (Wildman–Crippen MR) is 114 cm³/mol. The van der Waals surface area contributed by atoms with Crippen molar-refractivity contribution in [1.82, 2.24) is 4.98 Å². The van der Waals surface area contributed by atoms with E-state index in [-0.39, 0.29) is 18.4 Å². The van der Waals surface area contributed by atoms with Gasteiger partial charge in [0, 0.05) is 18.5 Å². The molecule has 0 unspecified atom stereocenters. The van der Waals surface area contributed by atoms with E-state index in [1.807, 2.05) is 48.5 Å². The Morgan fingerprint density at radius 3 is 2.25 bits per heavy atom. The third-order valence-electron chi connectivity index (χ3n) is 4.82. The SMILES string of the molecule is CCc1cccc(CC)c1N(CC(=O)Nc1cccc2cccnc12)C(C)=O. The molecule has 2 aromatic carbocycles. The van der Waals surface area contributed by atoms with Gasteiger partial charge in [-0.3, -0.25) is 14.6 Å². The Balaban J connectivity index is 1.90. The Labute approximate surface area is 165 Å². The normalized spacial score (nSPS) is 10.7. The Bertz CT molecular complexity index is 986. The molecule has 1 aromatic heterocycles. The fourth-order valence-electron chi connectivity index (χ4n) is 3.45. The van der Waals surface area contributed by atoms with Crippen molar-refractivity contribution in [2.75, 3.05) is 16.8 Å². The molecule has 1 heterocycles. The molecule has 144 valence electrons. The number of nitrogens with one attached hydrogen (secondary N) is 1. The van der Waals surface area contributed by atoms with E-state index in [9.17, 15) is 9.59 Å². The highest BCUT2D eigenvalue weighted by atomic mass is 16.2. The van der Waals surface area contributed by atoms with E-state index >= 15 is 0 Å². The lowest BCUT2D eigenvalue weighted by atomic mass is 10.0. The standard InChI is InChI=1S/C23H25N3O2/c1-4-17-9-6-10-18(5-2)23(17)26(16(3)27)15-21(28)25-20-13-7-11-19-12-8-14-24-22(19)20/h6-14H,4-5,15H2,1-3H3,(H,25,28). The zero-order chi connectivity index (χ0) is 20.1. The first-order valence-corrected chi connectivity index (χ1v) is 9.57. The highest BCUT2D eigenvalue weighted by Gasteiger charge is 2.21. The van der Waals surface area contributed by atoms with Crippen molar-refractivity contribution in [2.45, 2.75) is 33.6 Å². The number of hydrogen-bond acceptors (Lipinski definition) is 3. The minimum absolute atomic E-state index is 0.0391. The van der Waals surface area contributed by atoms with Gasteiger partial charge in [0.15, 0.2) is 0 Å². The number of nitrogens with zero attached hydrogens (tertiary/aromatic N) is 2. The van der Waals surface area contributed by atoms with E-state index in [0.29, 0.717) is 5.69 Å². The highest BCUT2D eigenvalue weighted by molar-refractivity contribution is 6.05. The maximum Gasteiger partial charge on any atom is 0.244 e. The molecule has 0 saturated carbocycles. The smallest absolute Gasteiger partial charge is 0.244 e. The lowest BCUT2D eigenvalue weighted by Crippen LogP contribution is -2.38. The van der Waals surface area contributed by atoms with Gasteiger partial charge in [-0.15, -0.1) is 0 Å². The molecule has 0 saturated heterocycles. The molecular weight excluding hydrogens is 350 g/mol. The number of aromatic nitrogens is 1. The molecule has 5 heteroatoms. The minimum atomic E-state index is -0.249. The van der Waals surface area contributed by atoms with Gasteiger partial charge in [-0.05, 0) is 36.1 Å². The number of rotatable bonds is 6. The average Bonchev–Trinajstić information content (AvgIpc) is 2.71. The summed E-state index contributed by atoms with van der Waals surface area (Å²) in [5, 5.41) is 3.87. The van der Waals surface area contributed by atoms with Crippen LogP contribution in [0.4, 0.5) is 11.4 Å². The number of aryl methyl sites for hydroxylation is 2. The number of carbonyl (C=O) groups is 2. The molecular formula is C23H25N3O2. The lowest BCUT2D eigenvalue weighted by molar-refractivity contribution is -0.120. The van der Waals surface area contributed by atoms with E-state index in [0.717, 1.165) is 40.6 Å². The van der Waals surface area contributed by atoms with Crippen molar-refractivity contribution >= 4 is 34.1 Å². The van der Waals surface area contributed by atoms with Crippen LogP contribution in [0.1, 0.15) is 31.9 Å². The van der Waals surface area contributed by atoms with Crippen LogP contribution in [0.2, 0.25) is 0 Å². The molecule has 0 bridgehead atoms. The third-order valence-corrected chi connectivity index (χ3v) is 4.82. The number of carbonyl (C=O) groups excluding carboxylic acids is 2. The molecule has 0 spiro atoms. The molecule has 3 rings (SSSR count). The summed E-state index contributed by atoms with van der Waals surface area (Å²) in [5.41, 5.74) is 4.36. The molecule has 3 aromatic rings. The van der Waals surface area contributed by atoms with Crippen molar-refractivity contribution in [3.8, 4) is 0 Å². The van der Waals surface area contributed by atoms with Crippen molar-refractivity contribution in [3.05, 3.63) is 65.9 Å². The van der Waals surface area contributed by atoms with Crippen LogP contribution < -0.4 is 10.2 Å². The number of pyridine rings is 1. The summed E-state index contributed by atoms with van der Waals surface area (Å²) >= 11 is 0. The fraction of sp³-hybridized carbons (Fsp3) is 0.261. The fourth-order valence-corrected chi connectivity index (χ4v) is 3.45. The monoisotopic (exact) mass is 375 g/mol. The molecule has 28 heavy (non-hydrogen) atoms. The van der Waals surface area contributed by atoms with E-state index < -0.39 is 0 Å². The number of para-hydroxylation sites is 2. The van der Waals surface area contributed by atoms with Gasteiger partial charge < -0.3 is 10.2 Å². The summed E-state index contributed by atoms with van der Waals surface area (Å²) in [4.78, 5) is 31.2. The second kappa shape index (κ2) is 8.65. The first-order valence-electron chi connectivity index (χ1n) is 9.57. The predicted octanol–water partition coefficient (Wildman–Crippen LogP) is 4.35. The number of anilines is 2. The van der Waals surface area contributed by atoms with Crippen LogP contribution in [0.5, 0.6) is 0 Å². The molecule has 0 atom stereocenters. The Morgan fingerprint density at radius 2 is 1.61 bits per heavy atom. The molecule has 5 nitrogen and oxygen atoms in total. The second-order valence-corrected chi connectivity index (χ2v) is 6.67. The summed E-state index contributed by atoms with van der Waals surface area (Å²) in [5.74, 6) is -0.400. The number of benzene rings is 2. The number of fused-ring (bicyclic) bond motifs is 1. The van der Waals surface area contributed by atoms with Crippen LogP contribution in [0.3, 0.4) is 0 Å². The van der Waals surface area contributed by atoms with Crippen LogP contribution in [-0.2, 0) is 22.4 Å². The van der Waals surface area contributed by atoms with Crippen LogP contribution in [-0.4, -0.2) is 23.3 Å². The van der Waals surface area contributed by atoms with Crippen LogP contribution >= 0.6 is 0 Å². The van der Waals surface area contributed by atoms with Crippen LogP contribution in [0.15, 0.2) is 54.7 Å². The van der Waals surface area contributed by atoms with Gasteiger partial charge in [0.2, 0.25) is 11.8 Å². The van der Waals surface area contributed by atoms with E-state index in [2.05, 4.69) is 24.1 Å². The summed E-state index contributed by atoms with van der Waals surface area (Å²) in [6.45, 7) is 5.57. The Hall–Kier alpha value is -3.21. The largest absolute Gasteiger partial charge is 0.323 e. The van der Waals surface area contributed by atoms with Gasteiger partial charge in [-0.25, -0.2) is 0 Å². The summed E-state index contributed by atoms with van der Waals surface area (Å²) in [7, 11) is 0. The van der Waals surface area contributed by atoms with Gasteiger partial charge in [0.25, 0.3) is 0 Å². The maximum absolute atomic E-state index is 12.8. The van der Waals surface area contributed by atoms with Crippen molar-refractivity contribution in [2.24, 2.45) is 0 Å². The van der Waals surface area contributed by atoms with Crippen molar-refractivity contribution in [3.63, 3.8) is 0 Å². The molecule has 0 radical (unpaired) electrons. The average molecular weight is 375 g/mol. The van der Waals surface area contributed by atoms with E-state index in [1.54, 1.807) is 11.1 Å². The summed E-state index contributed by atoms with van der Waals surface area (Å²) in [6, 6.07) is 15.5. The minimum Gasteiger partial charge on any atom is -0.323 e. The molecule has 0 aliphatic heterocycles. The van der Waals surface area contributed by atoms with Gasteiger partial charge in [-0.2, -0.15) is 0 Å². The zero-order valence-corrected chi connectivity index (χ0v) is 16.5. The van der Waals surface area contributed by atoms with Gasteiger partial charge in [0.1, 0.15) is 6.54 Å². The van der Waals surface area contributed by atoms with Crippen LogP contribution in [0, 0.1) is 0 Å². The highest BCUT2D eigenvalue weighted by Crippen LogP contribution is 2.27. The molecule has 1 N–H and O–H groups in total. The third kappa shape index (κ3) is 4.03. The first-order chi connectivity index (χ1) is 13.5. The topological polar surface area (TPSA) is 62.3 Å².